The van der Waals surface area contributed by atoms with Gasteiger partial charge in [0.1, 0.15) is 34.5 Å². The molecule has 0 spiro atoms. The highest BCUT2D eigenvalue weighted by Gasteiger charge is 2.52. The van der Waals surface area contributed by atoms with Gasteiger partial charge < -0.3 is 59.1 Å². The maximum atomic E-state index is 9.96. The maximum Gasteiger partial charge on any atom is 0.121 e. The van der Waals surface area contributed by atoms with Gasteiger partial charge in [0.05, 0.1) is 82.3 Å². The van der Waals surface area contributed by atoms with Crippen molar-refractivity contribution in [2.75, 3.05) is 42.7 Å². The molecule has 0 amide bonds. The zero-order valence-electron chi connectivity index (χ0n) is 89.5. The van der Waals surface area contributed by atoms with Crippen LogP contribution in [0.3, 0.4) is 0 Å². The van der Waals surface area contributed by atoms with Crippen molar-refractivity contribution >= 4 is 0 Å². The third-order valence-electron chi connectivity index (χ3n) is 37.9. The molecular formula is C133H164O12. The Morgan fingerprint density at radius 3 is 0.690 bits per heavy atom. The van der Waals surface area contributed by atoms with Crippen LogP contribution in [0.4, 0.5) is 0 Å². The van der Waals surface area contributed by atoms with Crippen molar-refractivity contribution in [1.29, 1.82) is 0 Å². The number of hydrogen-bond acceptors (Lipinski definition) is 12. The molecule has 6 aliphatic carbocycles. The molecule has 0 saturated heterocycles. The summed E-state index contributed by atoms with van der Waals surface area (Å²) in [5.41, 5.74) is 27.7. The molecule has 768 valence electrons. The summed E-state index contributed by atoms with van der Waals surface area (Å²) < 4.78 is 33.4. The van der Waals surface area contributed by atoms with E-state index in [-0.39, 0.29) is 66.7 Å². The average molecular weight is 1950 g/mol. The van der Waals surface area contributed by atoms with Gasteiger partial charge >= 0.3 is 0 Å². The van der Waals surface area contributed by atoms with Crippen LogP contribution in [0.15, 0.2) is 267 Å². The summed E-state index contributed by atoms with van der Waals surface area (Å²) in [6, 6.07) is 96.8. The van der Waals surface area contributed by atoms with E-state index in [0.717, 1.165) is 119 Å². The standard InChI is InChI=1S/C47H60O4.2C43H52O4/c1-29-21-33(9-11-37(29)27-48)41-17-15-39(25-43(41)35-10-12-38(28-49)30(2)22-35)47(5,6)40-16-18-42(34-13-19-45(50-7)31(3)23-34)44(26-40)36-14-20-46(51-8)32(4)24-36;1-43(2,35-17-23-39(31-9-5-29(27-44)6-10-31)41(25-35)33-11-7-30(28-45)8-12-33)36-18-24-40(32-13-19-37(46-3)20-14-32)42(26-36)34-15-21-38(47-4)22-16-34;1-41(2,33-21-25-42(26-22-33,35-9-5-31(29-44)6-10-35)36-11-7-32(30-45)8-12-36)34-23-27-43(28-24-34,37-13-17-39(46-3)18-14-37)38-15-19-40(47-4)20-16-38/h9-14,19-24,39-44,48-49H,15-18,25-28H2,1-8H3;5-16,19-22,35-36,39-42,44-45H,17-18,23-28H2,1-4H3;5-20,33-34,44-45H,21-30H2,1-4H3. The second-order valence-electron chi connectivity index (χ2n) is 45.7. The number of aliphatic hydroxyl groups is 6. The van der Waals surface area contributed by atoms with Crippen molar-refractivity contribution < 1.29 is 59.1 Å². The van der Waals surface area contributed by atoms with Crippen LogP contribution in [0, 0.1) is 79.4 Å². The molecule has 12 aromatic rings. The monoisotopic (exact) mass is 1950 g/mol. The molecule has 12 heteroatoms. The van der Waals surface area contributed by atoms with Gasteiger partial charge in [-0.2, -0.15) is 0 Å². The van der Waals surface area contributed by atoms with E-state index in [1.807, 2.05) is 0 Å². The molecule has 145 heavy (non-hydrogen) atoms. The third kappa shape index (κ3) is 23.4. The minimum atomic E-state index is -0.0565. The fraction of sp³-hybridized carbons (Fsp3) is 0.459. The van der Waals surface area contributed by atoms with Crippen molar-refractivity contribution in [2.24, 2.45) is 51.8 Å². The zero-order valence-corrected chi connectivity index (χ0v) is 89.5. The molecule has 12 nitrogen and oxygen atoms in total. The minimum absolute atomic E-state index is 0.0195. The van der Waals surface area contributed by atoms with Gasteiger partial charge in [-0.25, -0.2) is 0 Å². The van der Waals surface area contributed by atoms with Gasteiger partial charge in [-0.05, 0) is 438 Å². The molecule has 12 unspecified atom stereocenters. The molecule has 6 saturated carbocycles. The Kier molecular flexibility index (Phi) is 35.1. The lowest BCUT2D eigenvalue weighted by Crippen LogP contribution is -2.43. The first-order valence-corrected chi connectivity index (χ1v) is 54.2. The lowest BCUT2D eigenvalue weighted by atomic mass is 9.53. The summed E-state index contributed by atoms with van der Waals surface area (Å²) in [4.78, 5) is 0. The minimum Gasteiger partial charge on any atom is -0.497 e. The normalized spacial score (nSPS) is 22.5. The van der Waals surface area contributed by atoms with E-state index in [1.54, 1.807) is 42.7 Å². The lowest BCUT2D eigenvalue weighted by molar-refractivity contribution is 0.0364. The van der Waals surface area contributed by atoms with Gasteiger partial charge in [0.15, 0.2) is 0 Å². The van der Waals surface area contributed by atoms with Crippen LogP contribution in [-0.4, -0.2) is 73.3 Å². The Hall–Kier alpha value is -10.8. The van der Waals surface area contributed by atoms with Gasteiger partial charge in [-0.1, -0.05) is 248 Å². The number of ether oxygens (including phenoxy) is 6. The molecule has 0 heterocycles. The van der Waals surface area contributed by atoms with Crippen molar-refractivity contribution in [1.82, 2.24) is 0 Å². The van der Waals surface area contributed by atoms with E-state index < -0.39 is 0 Å². The quantitative estimate of drug-likeness (QED) is 0.0252. The van der Waals surface area contributed by atoms with E-state index in [0.29, 0.717) is 82.9 Å². The fourth-order valence-corrected chi connectivity index (χ4v) is 28.3. The summed E-state index contributed by atoms with van der Waals surface area (Å²) in [6.45, 7) is 24.4. The summed E-state index contributed by atoms with van der Waals surface area (Å²) in [5, 5.41) is 58.6. The molecule has 0 bridgehead atoms. The predicted molar refractivity (Wildman–Crippen MR) is 589 cm³/mol. The maximum absolute atomic E-state index is 9.96. The molecule has 0 aromatic heterocycles. The summed E-state index contributed by atoms with van der Waals surface area (Å²) >= 11 is 0. The van der Waals surface area contributed by atoms with E-state index in [2.05, 4.69) is 336 Å². The number of rotatable bonds is 30. The molecule has 12 atom stereocenters. The first kappa shape index (κ1) is 107. The van der Waals surface area contributed by atoms with Gasteiger partial charge in [-0.15, -0.1) is 0 Å². The third-order valence-corrected chi connectivity index (χ3v) is 37.9. The van der Waals surface area contributed by atoms with Crippen molar-refractivity contribution in [3.05, 3.63) is 389 Å². The topological polar surface area (TPSA) is 177 Å². The van der Waals surface area contributed by atoms with Gasteiger partial charge in [0.2, 0.25) is 0 Å². The zero-order chi connectivity index (χ0) is 102. The highest BCUT2D eigenvalue weighted by Crippen LogP contribution is 2.63. The van der Waals surface area contributed by atoms with Gasteiger partial charge in [0, 0.05) is 10.8 Å². The molecule has 6 N–H and O–H groups in total. The number of aliphatic hydroxyl groups excluding tert-OH is 6. The van der Waals surface area contributed by atoms with Crippen LogP contribution in [0.2, 0.25) is 0 Å². The van der Waals surface area contributed by atoms with Crippen molar-refractivity contribution in [2.45, 2.75) is 295 Å². The summed E-state index contributed by atoms with van der Waals surface area (Å²) in [7, 11) is 10.5. The highest BCUT2D eigenvalue weighted by molar-refractivity contribution is 5.49. The van der Waals surface area contributed by atoms with Crippen molar-refractivity contribution in [3.63, 3.8) is 0 Å². The smallest absolute Gasteiger partial charge is 0.121 e. The summed E-state index contributed by atoms with van der Waals surface area (Å²) in [6.07, 6.45) is 23.5. The van der Waals surface area contributed by atoms with Crippen LogP contribution in [0.1, 0.15) is 340 Å². The van der Waals surface area contributed by atoms with E-state index >= 15 is 0 Å². The molecule has 0 aliphatic heterocycles. The summed E-state index contributed by atoms with van der Waals surface area (Å²) in [5.74, 6) is 12.7. The SMILES string of the molecule is COc1ccc(C2(c3ccc(OC)cc3)CCC(C(C)(C)C3CCC(c4ccc(CO)cc4)(c4ccc(CO)cc4)CC3)CC2)cc1.COc1ccc(C2CCC(C(C)(C)C3CCC(c4ccc(CO)c(C)c4)C(c4ccc(CO)c(C)c4)C3)CC2c2ccc(OC)c(C)c2)cc1C.COc1ccc(C2CCC(C(C)(C)C3CCC(c4ccc(CO)cc4)C(c4ccc(CO)cc4)C3)CC2c2ccc(OC)cc2)cc1. The number of methoxy groups -OCH3 is 6. The van der Waals surface area contributed by atoms with E-state index in [9.17, 15) is 30.6 Å². The van der Waals surface area contributed by atoms with Crippen molar-refractivity contribution in [3.8, 4) is 34.5 Å². The first-order valence-electron chi connectivity index (χ1n) is 54.2. The van der Waals surface area contributed by atoms with E-state index in [1.165, 1.54) is 166 Å². The fourth-order valence-electron chi connectivity index (χ4n) is 28.3. The number of hydrogen-bond donors (Lipinski definition) is 6. The Balaban J connectivity index is 0.000000156. The molecule has 6 aliphatic rings. The average Bonchev–Trinajstić information content (AvgIpc) is 0.735. The van der Waals surface area contributed by atoms with Crippen LogP contribution in [0.5, 0.6) is 34.5 Å². The molecule has 12 aromatic carbocycles. The van der Waals surface area contributed by atoms with Crippen LogP contribution in [-0.2, 0) is 50.5 Å². The largest absolute Gasteiger partial charge is 0.497 e. The Morgan fingerprint density at radius 1 is 0.221 bits per heavy atom. The van der Waals surface area contributed by atoms with Gasteiger partial charge in [0.25, 0.3) is 0 Å². The predicted octanol–water partition coefficient (Wildman–Crippen LogP) is 30.1. The molecule has 0 radical (unpaired) electrons. The Labute approximate surface area is 867 Å². The van der Waals surface area contributed by atoms with Crippen LogP contribution in [0.25, 0.3) is 0 Å². The number of aryl methyl sites for hydroxylation is 4. The Morgan fingerprint density at radius 2 is 0.434 bits per heavy atom. The van der Waals surface area contributed by atoms with Crippen LogP contribution >= 0.6 is 0 Å². The van der Waals surface area contributed by atoms with Crippen LogP contribution < -0.4 is 28.4 Å². The molecule has 18 rings (SSSR count). The second kappa shape index (κ2) is 47.6. The number of benzene rings is 12. The molecular weight excluding hydrogens is 1790 g/mol. The lowest BCUT2D eigenvalue weighted by Gasteiger charge is -2.51. The molecule has 6 fully saturated rings. The first-order chi connectivity index (χ1) is 70.1. The Bertz CT molecular complexity index is 5670. The highest BCUT2D eigenvalue weighted by atomic mass is 16.5. The van der Waals surface area contributed by atoms with Gasteiger partial charge in [-0.3, -0.25) is 0 Å². The van der Waals surface area contributed by atoms with E-state index in [4.69, 9.17) is 28.4 Å². The second-order valence-corrected chi connectivity index (χ2v) is 45.7.